The normalized spacial score (nSPS) is 24.0. The van der Waals surface area contributed by atoms with Gasteiger partial charge in [-0.05, 0) is 25.5 Å². The second kappa shape index (κ2) is 3.78. The van der Waals surface area contributed by atoms with Crippen molar-refractivity contribution >= 4 is 11.3 Å². The number of nitrogens with two attached hydrogens (primary N) is 1. The molecule has 1 fully saturated rings. The minimum atomic E-state index is 0.404. The maximum absolute atomic E-state index is 5.85. The van der Waals surface area contributed by atoms with E-state index in [1.807, 2.05) is 11.3 Å². The number of nitrogens with zero attached hydrogens (tertiary/aromatic N) is 1. The summed E-state index contributed by atoms with van der Waals surface area (Å²) in [5, 5.41) is 0. The third-order valence-electron chi connectivity index (χ3n) is 2.48. The van der Waals surface area contributed by atoms with Gasteiger partial charge in [-0.2, -0.15) is 0 Å². The molecule has 0 amide bonds. The zero-order valence-corrected chi connectivity index (χ0v) is 8.81. The lowest BCUT2D eigenvalue weighted by molar-refractivity contribution is 0.330. The Hall–Kier alpha value is -0.380. The third-order valence-corrected chi connectivity index (χ3v) is 3.47. The molecule has 0 aromatic carbocycles. The minimum Gasteiger partial charge on any atom is -0.326 e. The Morgan fingerprint density at radius 1 is 1.62 bits per heavy atom. The second-order valence-electron chi connectivity index (χ2n) is 3.80. The Balaban J connectivity index is 1.91. The molecule has 2 N–H and O–H groups in total. The molecule has 3 heteroatoms. The molecule has 1 atom stereocenters. The van der Waals surface area contributed by atoms with Crippen molar-refractivity contribution in [2.75, 3.05) is 13.1 Å². The monoisotopic (exact) mass is 196 g/mol. The molecule has 2 rings (SSSR count). The summed E-state index contributed by atoms with van der Waals surface area (Å²) < 4.78 is 0. The summed E-state index contributed by atoms with van der Waals surface area (Å²) in [6, 6.07) is 4.82. The Morgan fingerprint density at radius 2 is 2.46 bits per heavy atom. The van der Waals surface area contributed by atoms with E-state index < -0.39 is 0 Å². The Bertz CT molecular complexity index is 282. The number of aryl methyl sites for hydroxylation is 1. The minimum absolute atomic E-state index is 0.404. The fourth-order valence-electron chi connectivity index (χ4n) is 1.80. The van der Waals surface area contributed by atoms with E-state index in [-0.39, 0.29) is 0 Å². The fourth-order valence-corrected chi connectivity index (χ4v) is 2.73. The molecule has 1 saturated heterocycles. The molecule has 0 radical (unpaired) electrons. The number of hydrogen-bond acceptors (Lipinski definition) is 3. The van der Waals surface area contributed by atoms with Crippen LogP contribution in [0.2, 0.25) is 0 Å². The van der Waals surface area contributed by atoms with Crippen LogP contribution in [0.25, 0.3) is 0 Å². The van der Waals surface area contributed by atoms with Gasteiger partial charge in [-0.1, -0.05) is 0 Å². The lowest BCUT2D eigenvalue weighted by Crippen LogP contribution is -2.25. The highest BCUT2D eigenvalue weighted by Crippen LogP contribution is 2.19. The summed E-state index contributed by atoms with van der Waals surface area (Å²) >= 11 is 1.89. The predicted octanol–water partition coefficient (Wildman–Crippen LogP) is 1.59. The summed E-state index contributed by atoms with van der Waals surface area (Å²) in [4.78, 5) is 5.31. The number of rotatable bonds is 2. The number of hydrogen-bond donors (Lipinski definition) is 1. The topological polar surface area (TPSA) is 29.3 Å². The highest BCUT2D eigenvalue weighted by atomic mass is 32.1. The van der Waals surface area contributed by atoms with Gasteiger partial charge in [-0.25, -0.2) is 0 Å². The average molecular weight is 196 g/mol. The van der Waals surface area contributed by atoms with Crippen molar-refractivity contribution in [2.24, 2.45) is 5.73 Å². The maximum atomic E-state index is 5.85. The first-order chi connectivity index (χ1) is 6.24. The highest BCUT2D eigenvalue weighted by molar-refractivity contribution is 7.11. The Morgan fingerprint density at radius 3 is 3.00 bits per heavy atom. The highest BCUT2D eigenvalue weighted by Gasteiger charge is 2.18. The van der Waals surface area contributed by atoms with Gasteiger partial charge in [0, 0.05) is 35.4 Å². The molecule has 0 spiro atoms. The second-order valence-corrected chi connectivity index (χ2v) is 5.17. The molecular weight excluding hydrogens is 180 g/mol. The molecular formula is C10H16N2S. The van der Waals surface area contributed by atoms with Crippen LogP contribution in [-0.4, -0.2) is 24.0 Å². The van der Waals surface area contributed by atoms with Gasteiger partial charge in [0.2, 0.25) is 0 Å². The Labute approximate surface area is 83.4 Å². The van der Waals surface area contributed by atoms with Gasteiger partial charge < -0.3 is 5.73 Å². The molecule has 0 saturated carbocycles. The van der Waals surface area contributed by atoms with Crippen LogP contribution >= 0.6 is 11.3 Å². The van der Waals surface area contributed by atoms with Gasteiger partial charge in [0.25, 0.3) is 0 Å². The van der Waals surface area contributed by atoms with Gasteiger partial charge in [-0.15, -0.1) is 11.3 Å². The number of likely N-dealkylation sites (tertiary alicyclic amines) is 1. The summed E-state index contributed by atoms with van der Waals surface area (Å²) in [5.74, 6) is 0. The van der Waals surface area contributed by atoms with Gasteiger partial charge >= 0.3 is 0 Å². The summed E-state index contributed by atoms with van der Waals surface area (Å²) in [6.45, 7) is 5.48. The predicted molar refractivity (Wildman–Crippen MR) is 56.9 cm³/mol. The number of thiophene rings is 1. The van der Waals surface area contributed by atoms with Crippen molar-refractivity contribution < 1.29 is 0 Å². The van der Waals surface area contributed by atoms with E-state index in [1.165, 1.54) is 9.75 Å². The summed E-state index contributed by atoms with van der Waals surface area (Å²) in [5.41, 5.74) is 5.85. The molecule has 72 valence electrons. The summed E-state index contributed by atoms with van der Waals surface area (Å²) in [6.07, 6.45) is 1.16. The maximum Gasteiger partial charge on any atom is 0.0328 e. The quantitative estimate of drug-likeness (QED) is 0.778. The van der Waals surface area contributed by atoms with Crippen LogP contribution in [0.5, 0.6) is 0 Å². The molecule has 13 heavy (non-hydrogen) atoms. The lowest BCUT2D eigenvalue weighted by atomic mass is 10.3. The van der Waals surface area contributed by atoms with Gasteiger partial charge in [0.15, 0.2) is 0 Å². The zero-order valence-electron chi connectivity index (χ0n) is 7.99. The smallest absolute Gasteiger partial charge is 0.0328 e. The van der Waals surface area contributed by atoms with E-state index in [1.54, 1.807) is 0 Å². The zero-order chi connectivity index (χ0) is 9.26. The third kappa shape index (κ3) is 2.30. The van der Waals surface area contributed by atoms with E-state index >= 15 is 0 Å². The molecule has 1 aliphatic rings. The molecule has 2 heterocycles. The van der Waals surface area contributed by atoms with Gasteiger partial charge in [0.05, 0.1) is 0 Å². The lowest BCUT2D eigenvalue weighted by Gasteiger charge is -2.13. The van der Waals surface area contributed by atoms with Crippen molar-refractivity contribution in [1.82, 2.24) is 4.90 Å². The first-order valence-corrected chi connectivity index (χ1v) is 5.59. The summed E-state index contributed by atoms with van der Waals surface area (Å²) in [7, 11) is 0. The van der Waals surface area contributed by atoms with E-state index in [9.17, 15) is 0 Å². The van der Waals surface area contributed by atoms with Crippen LogP contribution in [0, 0.1) is 6.92 Å². The van der Waals surface area contributed by atoms with Crippen molar-refractivity contribution in [3.8, 4) is 0 Å². The fraction of sp³-hybridized carbons (Fsp3) is 0.600. The van der Waals surface area contributed by atoms with E-state index in [0.29, 0.717) is 6.04 Å². The van der Waals surface area contributed by atoms with Crippen LogP contribution in [0.1, 0.15) is 16.2 Å². The molecule has 2 nitrogen and oxygen atoms in total. The standard InChI is InChI=1S/C10H16N2S/c1-8-2-3-10(13-8)7-12-5-4-9(11)6-12/h2-3,9H,4-7,11H2,1H3/t9-/m0/s1. The van der Waals surface area contributed by atoms with Crippen LogP contribution < -0.4 is 5.73 Å². The van der Waals surface area contributed by atoms with Crippen LogP contribution in [0.15, 0.2) is 12.1 Å². The van der Waals surface area contributed by atoms with Crippen molar-refractivity contribution in [3.63, 3.8) is 0 Å². The van der Waals surface area contributed by atoms with Crippen molar-refractivity contribution in [3.05, 3.63) is 21.9 Å². The first kappa shape index (κ1) is 9.19. The molecule has 0 bridgehead atoms. The Kier molecular flexibility index (Phi) is 2.67. The van der Waals surface area contributed by atoms with Crippen LogP contribution in [0.4, 0.5) is 0 Å². The largest absolute Gasteiger partial charge is 0.326 e. The molecule has 1 aromatic heterocycles. The van der Waals surface area contributed by atoms with Gasteiger partial charge in [0.1, 0.15) is 0 Å². The van der Waals surface area contributed by atoms with E-state index in [2.05, 4.69) is 24.0 Å². The molecule has 1 aromatic rings. The first-order valence-electron chi connectivity index (χ1n) is 4.77. The SMILES string of the molecule is Cc1ccc(CN2CC[C@H](N)C2)s1. The van der Waals surface area contributed by atoms with Crippen molar-refractivity contribution in [2.45, 2.75) is 25.9 Å². The molecule has 1 aliphatic heterocycles. The van der Waals surface area contributed by atoms with Gasteiger partial charge in [-0.3, -0.25) is 4.90 Å². The molecule has 0 aliphatic carbocycles. The average Bonchev–Trinajstić information content (AvgIpc) is 2.62. The van der Waals surface area contributed by atoms with E-state index in [0.717, 1.165) is 26.1 Å². The molecule has 0 unspecified atom stereocenters. The van der Waals surface area contributed by atoms with Crippen molar-refractivity contribution in [1.29, 1.82) is 0 Å². The van der Waals surface area contributed by atoms with Crippen LogP contribution in [0.3, 0.4) is 0 Å². The van der Waals surface area contributed by atoms with Crippen LogP contribution in [-0.2, 0) is 6.54 Å². The van der Waals surface area contributed by atoms with E-state index in [4.69, 9.17) is 5.73 Å².